The smallest absolute Gasteiger partial charge is 0.256 e. The van der Waals surface area contributed by atoms with Gasteiger partial charge in [0.2, 0.25) is 0 Å². The van der Waals surface area contributed by atoms with E-state index in [1.165, 1.54) is 23.1 Å². The fraction of sp³-hybridized carbons (Fsp3) is 0.531. The van der Waals surface area contributed by atoms with Crippen LogP contribution in [0.1, 0.15) is 222 Å². The molecule has 5 aliphatic carbocycles. The zero-order chi connectivity index (χ0) is 84.9. The minimum Gasteiger partial charge on any atom is -0.383 e. The minimum atomic E-state index is -0.212. The monoisotopic (exact) mass is 1660 g/mol. The van der Waals surface area contributed by atoms with E-state index in [0.29, 0.717) is 121 Å². The van der Waals surface area contributed by atoms with Crippen molar-refractivity contribution < 1.29 is 47.5 Å². The molecule has 5 fully saturated rings. The standard InChI is InChI=1S/C38H50N4O3.C37H53N3O4.C23H22Cl2N2O3/c1-5-42(30-14-20-45-21-15-30)35-24-29(28-10-13-38(39-25-28)41-18-16-40(4)17-19-41)23-34(27(35)3)36(43)12-11-33-32-9-7-6-8-31(32)26(2)22-37(33)44;1-7-40(32-12-10-31(11-13-32)38(5)17-20-43-6)35-26-30(9-8-16-39-18-21-44-22-19-39)25-34(29(35)4)36(41)15-14-33-28(3)23-27(2)24-37(33)42;1-11-7-12(2)17(19(28)8-11)10-27-6-5-15-18(24)9-16(22(25)21(15)23(27)29)20-13(3)26-30-14(20)4/h10,13,23-25,30H,5-9,11-12,14-22H2,1-4H3;23,25-26,31-32H,7,10-22,24H2,1-6H3;7,9H,5-6,8,10H2,1-4H3. The topological polar surface area (TPSA) is 192 Å². The number of carbonyl (C=O) groups excluding carboxylic acids is 6. The summed E-state index contributed by atoms with van der Waals surface area (Å²) in [5, 5.41) is 4.83. The molecular weight excluding hydrogens is 1530 g/mol. The van der Waals surface area contributed by atoms with Gasteiger partial charge in [0, 0.05) is 204 Å². The highest BCUT2D eigenvalue weighted by molar-refractivity contribution is 6.39. The van der Waals surface area contributed by atoms with Crippen LogP contribution in [0.15, 0.2) is 121 Å². The molecule has 19 nitrogen and oxygen atoms in total. The number of piperazine rings is 1. The van der Waals surface area contributed by atoms with Gasteiger partial charge in [0.05, 0.1) is 42.6 Å². The first-order chi connectivity index (χ1) is 57.2. The van der Waals surface area contributed by atoms with E-state index in [1.54, 1.807) is 25.0 Å². The third kappa shape index (κ3) is 21.6. The predicted molar refractivity (Wildman–Crippen MR) is 478 cm³/mol. The number of rotatable bonds is 24. The van der Waals surface area contributed by atoms with Crippen molar-refractivity contribution >= 4 is 75.2 Å². The van der Waals surface area contributed by atoms with Gasteiger partial charge >= 0.3 is 0 Å². The summed E-state index contributed by atoms with van der Waals surface area (Å²) in [6.07, 6.45) is 20.5. The molecule has 21 heteroatoms. The lowest BCUT2D eigenvalue weighted by atomic mass is 9.76. The number of aryl methyl sites for hydroxylation is 2. The summed E-state index contributed by atoms with van der Waals surface area (Å²) in [6.45, 7) is 35.9. The Hall–Kier alpha value is -8.42. The number of hydrogen-bond donors (Lipinski definition) is 0. The number of likely N-dealkylation sites (N-methyl/N-ethyl adjacent to an activating group) is 2. The minimum absolute atomic E-state index is 0.0692. The maximum Gasteiger partial charge on any atom is 0.256 e. The highest BCUT2D eigenvalue weighted by atomic mass is 35.5. The van der Waals surface area contributed by atoms with Crippen LogP contribution in [-0.4, -0.2) is 215 Å². The van der Waals surface area contributed by atoms with E-state index in [4.69, 9.17) is 46.9 Å². The lowest BCUT2D eigenvalue weighted by Gasteiger charge is -2.41. The lowest BCUT2D eigenvalue weighted by Crippen LogP contribution is -2.44. The van der Waals surface area contributed by atoms with Crippen molar-refractivity contribution in [3.63, 3.8) is 0 Å². The number of Topliss-reactive ketones (excluding diaryl/α,β-unsaturated/α-hetero) is 5. The van der Waals surface area contributed by atoms with Crippen molar-refractivity contribution in [3.8, 4) is 34.1 Å². The summed E-state index contributed by atoms with van der Waals surface area (Å²) >= 11 is 13.3. The van der Waals surface area contributed by atoms with Gasteiger partial charge in [-0.15, -0.1) is 0 Å². The van der Waals surface area contributed by atoms with Crippen molar-refractivity contribution in [1.29, 1.82) is 0 Å². The van der Waals surface area contributed by atoms with Crippen LogP contribution < -0.4 is 14.7 Å². The molecule has 4 aliphatic heterocycles. The summed E-state index contributed by atoms with van der Waals surface area (Å²) < 4.78 is 21.8. The first-order valence-corrected chi connectivity index (χ1v) is 44.3. The van der Waals surface area contributed by atoms with E-state index in [9.17, 15) is 28.8 Å². The summed E-state index contributed by atoms with van der Waals surface area (Å²) in [5.41, 5.74) is 22.2. The SMILES string of the molecule is CC1=CC(C)=C(CN2CCc3c(Cl)cc(-c4c(C)noc4C)c(Cl)c3C2=O)C(=O)C1.CCN(c1cc(-c2ccc(N3CCN(C)CC3)nc2)cc(C(=O)CCC2=C3CCCCC3=C(C)CC2=O)c1C)C1CCOCC1.CCN(c1cc(C#CCN2CCOCC2)cc(C(=O)CCC2=C(C)C=C(C)CC2=O)c1C)C1CCC(N(C)CCOC)CC1. The molecule has 0 atom stereocenters. The van der Waals surface area contributed by atoms with Gasteiger partial charge in [-0.05, 0) is 272 Å². The van der Waals surface area contributed by atoms with Crippen molar-refractivity contribution in [2.45, 2.75) is 210 Å². The summed E-state index contributed by atoms with van der Waals surface area (Å²) in [5.74, 6) is 8.81. The van der Waals surface area contributed by atoms with Crippen molar-refractivity contribution in [2.24, 2.45) is 0 Å². The number of aromatic nitrogens is 2. The van der Waals surface area contributed by atoms with Crippen LogP contribution in [0.3, 0.4) is 0 Å². The quantitative estimate of drug-likeness (QED) is 0.0418. The number of halogens is 2. The second-order valence-electron chi connectivity index (χ2n) is 34.2. The highest BCUT2D eigenvalue weighted by Crippen LogP contribution is 2.45. The number of ether oxygens (including phenoxy) is 3. The van der Waals surface area contributed by atoms with Gasteiger partial charge in [0.1, 0.15) is 11.6 Å². The summed E-state index contributed by atoms with van der Waals surface area (Å²) in [6, 6.07) is 16.0. The molecule has 3 saturated heterocycles. The molecule has 14 rings (SSSR count). The molecule has 9 aliphatic rings. The van der Waals surface area contributed by atoms with Gasteiger partial charge in [-0.25, -0.2) is 4.98 Å². The number of nitrogens with zero attached hydrogens (tertiary/aromatic N) is 9. The average Bonchev–Trinajstić information content (AvgIpc) is 1.69. The Morgan fingerprint density at radius 1 is 0.630 bits per heavy atom. The third-order valence-corrected chi connectivity index (χ3v) is 26.8. The number of allylic oxidation sites excluding steroid dienone is 11. The van der Waals surface area contributed by atoms with Crippen LogP contribution >= 0.6 is 23.2 Å². The molecule has 0 spiro atoms. The molecule has 119 heavy (non-hydrogen) atoms. The Labute approximate surface area is 716 Å². The number of fused-ring (bicyclic) bond motifs is 2. The average molecular weight is 1660 g/mol. The first-order valence-electron chi connectivity index (χ1n) is 43.6. The normalized spacial score (nSPS) is 19.7. The Morgan fingerprint density at radius 3 is 1.82 bits per heavy atom. The molecule has 0 bridgehead atoms. The zero-order valence-electron chi connectivity index (χ0n) is 73.1. The number of anilines is 3. The molecule has 6 heterocycles. The van der Waals surface area contributed by atoms with Crippen LogP contribution in [0.25, 0.3) is 22.3 Å². The number of morpholine rings is 1. The van der Waals surface area contributed by atoms with Crippen molar-refractivity contribution in [2.75, 3.05) is 147 Å². The Bertz CT molecular complexity index is 4870. The van der Waals surface area contributed by atoms with E-state index in [1.807, 2.05) is 53.0 Å². The molecular formula is C98H125Cl2N9O10. The van der Waals surface area contributed by atoms with Gasteiger partial charge in [-0.1, -0.05) is 69.1 Å². The predicted octanol–water partition coefficient (Wildman–Crippen LogP) is 18.0. The van der Waals surface area contributed by atoms with Gasteiger partial charge < -0.3 is 48.1 Å². The lowest BCUT2D eigenvalue weighted by molar-refractivity contribution is -0.116. The maximum atomic E-state index is 14.1. The fourth-order valence-corrected chi connectivity index (χ4v) is 19.8. The number of benzene rings is 3. The van der Waals surface area contributed by atoms with Gasteiger partial charge in [-0.3, -0.25) is 33.7 Å². The first kappa shape index (κ1) is 89.8. The number of hydrogen-bond acceptors (Lipinski definition) is 18. The number of pyridine rings is 1. The Balaban J connectivity index is 0.000000167. The van der Waals surface area contributed by atoms with E-state index >= 15 is 0 Å². The summed E-state index contributed by atoms with van der Waals surface area (Å²) in [7, 11) is 6.13. The van der Waals surface area contributed by atoms with Crippen LogP contribution in [0.5, 0.6) is 0 Å². The van der Waals surface area contributed by atoms with Crippen LogP contribution in [0.4, 0.5) is 17.2 Å². The van der Waals surface area contributed by atoms with E-state index in [2.05, 4.69) is 132 Å². The van der Waals surface area contributed by atoms with Gasteiger partial charge in [0.25, 0.3) is 5.91 Å². The molecule has 5 aromatic rings. The number of amides is 1. The van der Waals surface area contributed by atoms with E-state index < -0.39 is 0 Å². The van der Waals surface area contributed by atoms with Crippen molar-refractivity contribution in [1.82, 2.24) is 29.7 Å². The molecule has 3 aromatic carbocycles. The maximum absolute atomic E-state index is 14.1. The molecule has 0 unspecified atom stereocenters. The highest BCUT2D eigenvalue weighted by Gasteiger charge is 2.36. The Morgan fingerprint density at radius 2 is 1.22 bits per heavy atom. The second kappa shape index (κ2) is 41.4. The molecule has 1 amide bonds. The second-order valence-corrected chi connectivity index (χ2v) is 35.0. The number of carbonyl (C=O) groups is 6. The Kier molecular flexibility index (Phi) is 31.3. The molecule has 636 valence electrons. The number of ketones is 5. The summed E-state index contributed by atoms with van der Waals surface area (Å²) in [4.78, 5) is 101. The van der Waals surface area contributed by atoms with E-state index in [-0.39, 0.29) is 41.4 Å². The molecule has 0 radical (unpaired) electrons. The van der Waals surface area contributed by atoms with Crippen molar-refractivity contribution in [3.05, 3.63) is 177 Å². The zero-order valence-corrected chi connectivity index (χ0v) is 74.6. The van der Waals surface area contributed by atoms with E-state index in [0.717, 1.165) is 250 Å². The van der Waals surface area contributed by atoms with Gasteiger partial charge in [-0.2, -0.15) is 0 Å². The van der Waals surface area contributed by atoms with Gasteiger partial charge in [0.15, 0.2) is 28.9 Å². The van der Waals surface area contributed by atoms with Crippen LogP contribution in [0, 0.1) is 39.5 Å². The largest absolute Gasteiger partial charge is 0.383 e. The van der Waals surface area contributed by atoms with Crippen LogP contribution in [0.2, 0.25) is 10.0 Å². The third-order valence-electron chi connectivity index (χ3n) is 26.1. The fourth-order valence-electron chi connectivity index (χ4n) is 19.2. The molecule has 2 aromatic heterocycles. The van der Waals surface area contributed by atoms with Crippen LogP contribution in [-0.2, 0) is 35.0 Å². The molecule has 0 N–H and O–H groups in total. The molecule has 2 saturated carbocycles. The number of methoxy groups -OCH3 is 1.